The van der Waals surface area contributed by atoms with Gasteiger partial charge in [-0.25, -0.2) is 4.79 Å². The number of carbonyl (C=O) groups excluding carboxylic acids is 1. The number of nitrogens with zero attached hydrogens (tertiary/aromatic N) is 1. The largest absolute Gasteiger partial charge is 0.480 e. The van der Waals surface area contributed by atoms with Crippen molar-refractivity contribution in [2.45, 2.75) is 56.7 Å². The van der Waals surface area contributed by atoms with Crippen molar-refractivity contribution in [3.05, 3.63) is 0 Å². The number of carboxylic acids is 1. The van der Waals surface area contributed by atoms with Gasteiger partial charge < -0.3 is 21.1 Å². The summed E-state index contributed by atoms with van der Waals surface area (Å²) < 4.78 is 0. The van der Waals surface area contributed by atoms with Gasteiger partial charge in [0.25, 0.3) is 0 Å². The Hall–Kier alpha value is -1.30. The van der Waals surface area contributed by atoms with Gasteiger partial charge in [0.15, 0.2) is 0 Å². The van der Waals surface area contributed by atoms with E-state index in [-0.39, 0.29) is 30.7 Å². The molecule has 0 saturated heterocycles. The highest BCUT2D eigenvalue weighted by atomic mass is 16.4. The summed E-state index contributed by atoms with van der Waals surface area (Å²) in [6, 6.07) is -0.196. The lowest BCUT2D eigenvalue weighted by Crippen LogP contribution is -2.54. The van der Waals surface area contributed by atoms with Crippen molar-refractivity contribution in [2.24, 2.45) is 5.73 Å². The lowest BCUT2D eigenvalue weighted by atomic mass is 9.91. The van der Waals surface area contributed by atoms with Crippen LogP contribution in [0.1, 0.15) is 38.5 Å². The average molecular weight is 255 g/mol. The highest BCUT2D eigenvalue weighted by molar-refractivity contribution is 5.81. The number of carbonyl (C=O) groups is 2. The molecule has 0 aromatic carbocycles. The molecule has 6 heteroatoms. The minimum atomic E-state index is -0.968. The van der Waals surface area contributed by atoms with Gasteiger partial charge in [-0.2, -0.15) is 0 Å². The van der Waals surface area contributed by atoms with E-state index in [9.17, 15) is 9.59 Å². The summed E-state index contributed by atoms with van der Waals surface area (Å²) >= 11 is 0. The molecule has 0 heterocycles. The number of hydrogen-bond acceptors (Lipinski definition) is 3. The molecule has 2 saturated carbocycles. The summed E-state index contributed by atoms with van der Waals surface area (Å²) in [5.41, 5.74) is 5.97. The fourth-order valence-electron chi connectivity index (χ4n) is 2.48. The fourth-order valence-corrected chi connectivity index (χ4v) is 2.48. The topological polar surface area (TPSA) is 95.7 Å². The summed E-state index contributed by atoms with van der Waals surface area (Å²) in [5, 5.41) is 11.7. The van der Waals surface area contributed by atoms with Gasteiger partial charge in [0.2, 0.25) is 0 Å². The van der Waals surface area contributed by atoms with Crippen molar-refractivity contribution in [3.8, 4) is 0 Å². The van der Waals surface area contributed by atoms with Crippen molar-refractivity contribution >= 4 is 12.0 Å². The number of amides is 2. The second kappa shape index (κ2) is 5.56. The highest BCUT2D eigenvalue weighted by Gasteiger charge is 2.35. The van der Waals surface area contributed by atoms with Gasteiger partial charge in [-0.15, -0.1) is 0 Å². The first kappa shape index (κ1) is 13.1. The van der Waals surface area contributed by atoms with Crippen LogP contribution in [-0.4, -0.2) is 46.7 Å². The highest BCUT2D eigenvalue weighted by Crippen LogP contribution is 2.27. The predicted octanol–water partition coefficient (Wildman–Crippen LogP) is 0.515. The summed E-state index contributed by atoms with van der Waals surface area (Å²) in [6.07, 6.45) is 5.79. The molecular weight excluding hydrogens is 234 g/mol. The molecule has 2 amide bonds. The van der Waals surface area contributed by atoms with Crippen molar-refractivity contribution in [1.29, 1.82) is 0 Å². The summed E-state index contributed by atoms with van der Waals surface area (Å²) in [7, 11) is 0. The zero-order valence-electron chi connectivity index (χ0n) is 10.5. The van der Waals surface area contributed by atoms with Gasteiger partial charge in [0.05, 0.1) is 0 Å². The summed E-state index contributed by atoms with van der Waals surface area (Å²) in [4.78, 5) is 24.2. The molecule has 6 nitrogen and oxygen atoms in total. The van der Waals surface area contributed by atoms with E-state index in [1.807, 2.05) is 0 Å². The van der Waals surface area contributed by atoms with Crippen LogP contribution in [0.2, 0.25) is 0 Å². The number of aliphatic carboxylic acids is 1. The number of rotatable bonds is 4. The first-order valence-electron chi connectivity index (χ1n) is 6.62. The van der Waals surface area contributed by atoms with Crippen molar-refractivity contribution in [3.63, 3.8) is 0 Å². The number of urea groups is 1. The molecule has 18 heavy (non-hydrogen) atoms. The lowest BCUT2D eigenvalue weighted by molar-refractivity contribution is -0.137. The molecule has 0 aromatic heterocycles. The monoisotopic (exact) mass is 255 g/mol. The molecule has 2 aliphatic carbocycles. The van der Waals surface area contributed by atoms with Crippen molar-refractivity contribution in [1.82, 2.24) is 10.2 Å². The minimum Gasteiger partial charge on any atom is -0.480 e. The van der Waals surface area contributed by atoms with E-state index >= 15 is 0 Å². The Morgan fingerprint density at radius 2 is 1.89 bits per heavy atom. The molecule has 2 unspecified atom stereocenters. The van der Waals surface area contributed by atoms with E-state index in [2.05, 4.69) is 5.32 Å². The minimum absolute atomic E-state index is 0.00594. The Kier molecular flexibility index (Phi) is 4.06. The third-order valence-electron chi connectivity index (χ3n) is 3.68. The van der Waals surface area contributed by atoms with E-state index in [4.69, 9.17) is 10.8 Å². The number of carboxylic acid groups (broad SMARTS) is 1. The van der Waals surface area contributed by atoms with Gasteiger partial charge in [0, 0.05) is 18.1 Å². The first-order valence-corrected chi connectivity index (χ1v) is 6.62. The van der Waals surface area contributed by atoms with E-state index < -0.39 is 5.97 Å². The van der Waals surface area contributed by atoms with Crippen LogP contribution in [0.25, 0.3) is 0 Å². The Balaban J connectivity index is 1.89. The maximum absolute atomic E-state index is 12.1. The normalized spacial score (nSPS) is 27.6. The van der Waals surface area contributed by atoms with Crippen LogP contribution < -0.4 is 11.1 Å². The van der Waals surface area contributed by atoms with Crippen LogP contribution >= 0.6 is 0 Å². The second-order valence-corrected chi connectivity index (χ2v) is 5.26. The molecule has 2 rings (SSSR count). The molecular formula is C12H21N3O3. The molecule has 2 fully saturated rings. The summed E-state index contributed by atoms with van der Waals surface area (Å²) in [6.45, 7) is -0.224. The van der Waals surface area contributed by atoms with Crippen LogP contribution in [0, 0.1) is 0 Å². The van der Waals surface area contributed by atoms with E-state index in [0.717, 1.165) is 38.5 Å². The van der Waals surface area contributed by atoms with Crippen LogP contribution in [0.4, 0.5) is 4.79 Å². The third kappa shape index (κ3) is 3.35. The SMILES string of the molecule is NC1CCCCC1NC(=O)N(CC(=O)O)C1CC1. The van der Waals surface area contributed by atoms with Crippen molar-refractivity contribution in [2.75, 3.05) is 6.54 Å². The van der Waals surface area contributed by atoms with E-state index in [0.29, 0.717) is 0 Å². The predicted molar refractivity (Wildman–Crippen MR) is 66.1 cm³/mol. The van der Waals surface area contributed by atoms with Crippen molar-refractivity contribution < 1.29 is 14.7 Å². The number of hydrogen-bond donors (Lipinski definition) is 3. The molecule has 2 aliphatic rings. The zero-order valence-corrected chi connectivity index (χ0v) is 10.5. The summed E-state index contributed by atoms with van der Waals surface area (Å²) in [5.74, 6) is -0.968. The quantitative estimate of drug-likeness (QED) is 0.682. The maximum atomic E-state index is 12.1. The molecule has 0 aliphatic heterocycles. The average Bonchev–Trinajstić information content (AvgIpc) is 3.12. The van der Waals surface area contributed by atoms with E-state index in [1.54, 1.807) is 0 Å². The molecule has 4 N–H and O–H groups in total. The first-order chi connectivity index (χ1) is 8.58. The van der Waals surface area contributed by atoms with Gasteiger partial charge in [-0.1, -0.05) is 12.8 Å². The molecule has 102 valence electrons. The standard InChI is InChI=1S/C12H21N3O3/c13-9-3-1-2-4-10(9)14-12(18)15(7-11(16)17)8-5-6-8/h8-10H,1-7,13H2,(H,14,18)(H,16,17). The van der Waals surface area contributed by atoms with Crippen LogP contribution in [-0.2, 0) is 4.79 Å². The van der Waals surface area contributed by atoms with Crippen LogP contribution in [0.3, 0.4) is 0 Å². The smallest absolute Gasteiger partial charge is 0.323 e. The lowest BCUT2D eigenvalue weighted by Gasteiger charge is -2.31. The maximum Gasteiger partial charge on any atom is 0.323 e. The molecule has 0 aromatic rings. The Bertz CT molecular complexity index is 331. The Morgan fingerprint density at radius 3 is 2.44 bits per heavy atom. The molecule has 2 atom stereocenters. The van der Waals surface area contributed by atoms with Gasteiger partial charge in [-0.3, -0.25) is 4.79 Å². The van der Waals surface area contributed by atoms with Gasteiger partial charge in [-0.05, 0) is 25.7 Å². The fraction of sp³-hybridized carbons (Fsp3) is 0.833. The van der Waals surface area contributed by atoms with Gasteiger partial charge >= 0.3 is 12.0 Å². The van der Waals surface area contributed by atoms with Crippen LogP contribution in [0.15, 0.2) is 0 Å². The Morgan fingerprint density at radius 1 is 1.22 bits per heavy atom. The number of nitrogens with one attached hydrogen (secondary N) is 1. The zero-order chi connectivity index (χ0) is 13.1. The molecule has 0 spiro atoms. The Labute approximate surface area is 107 Å². The number of nitrogens with two attached hydrogens (primary N) is 1. The van der Waals surface area contributed by atoms with Crippen LogP contribution in [0.5, 0.6) is 0 Å². The van der Waals surface area contributed by atoms with Gasteiger partial charge in [0.1, 0.15) is 6.54 Å². The third-order valence-corrected chi connectivity index (χ3v) is 3.68. The second-order valence-electron chi connectivity index (χ2n) is 5.26. The molecule has 0 bridgehead atoms. The van der Waals surface area contributed by atoms with E-state index in [1.165, 1.54) is 4.90 Å². The molecule has 0 radical (unpaired) electrons.